The Morgan fingerprint density at radius 1 is 1.11 bits per heavy atom. The van der Waals surface area contributed by atoms with Gasteiger partial charge in [-0.25, -0.2) is 8.78 Å². The number of carbonyl (C=O) groups excluding carboxylic acids is 1. The van der Waals surface area contributed by atoms with E-state index < -0.39 is 12.3 Å². The fourth-order valence-corrected chi connectivity index (χ4v) is 4.22. The molecule has 35 heavy (non-hydrogen) atoms. The number of nitrogens with one attached hydrogen (secondary N) is 1. The standard InChI is InChI=1S/C26H30ClF2N3O.CH3F/c1-19-17-22(10-11-24(19)31(2)15-16-32-13-5-3-4-6-14-32)30-25(33)12-9-20-7-8-21(26(28)29)18-23(20)27;1-2/h7-8,10-11,17-18,26H,3-6,13-16H2,1-2H3,(H,30,33);1H3. The molecular weight excluding hydrogens is 475 g/mol. The van der Waals surface area contributed by atoms with E-state index in [0.717, 1.165) is 24.3 Å². The molecule has 0 saturated carbocycles. The summed E-state index contributed by atoms with van der Waals surface area (Å²) in [5, 5.41) is 2.85. The third-order valence-electron chi connectivity index (χ3n) is 5.87. The number of nitrogens with zero attached hydrogens (tertiary/aromatic N) is 2. The van der Waals surface area contributed by atoms with Gasteiger partial charge in [0.05, 0.1) is 12.2 Å². The lowest BCUT2D eigenvalue weighted by Crippen LogP contribution is -2.34. The summed E-state index contributed by atoms with van der Waals surface area (Å²) in [6.07, 6.45) is 2.63. The Labute approximate surface area is 211 Å². The van der Waals surface area contributed by atoms with E-state index in [1.165, 1.54) is 57.0 Å². The second-order valence-electron chi connectivity index (χ2n) is 8.42. The summed E-state index contributed by atoms with van der Waals surface area (Å²) in [5.74, 6) is 4.62. The molecule has 1 saturated heterocycles. The van der Waals surface area contributed by atoms with Gasteiger partial charge in [-0.15, -0.1) is 0 Å². The van der Waals surface area contributed by atoms with Crippen LogP contribution in [-0.2, 0) is 4.79 Å². The number of hydrogen-bond donors (Lipinski definition) is 1. The number of amides is 1. The lowest BCUT2D eigenvalue weighted by molar-refractivity contribution is -0.111. The van der Waals surface area contributed by atoms with Crippen LogP contribution >= 0.6 is 11.6 Å². The maximum Gasteiger partial charge on any atom is 0.300 e. The zero-order valence-corrected chi connectivity index (χ0v) is 21.3. The molecule has 8 heteroatoms. The highest BCUT2D eigenvalue weighted by Gasteiger charge is 2.12. The van der Waals surface area contributed by atoms with Crippen molar-refractivity contribution in [3.8, 4) is 11.8 Å². The number of benzene rings is 2. The van der Waals surface area contributed by atoms with Gasteiger partial charge in [-0.2, -0.15) is 0 Å². The molecule has 4 nitrogen and oxygen atoms in total. The summed E-state index contributed by atoms with van der Waals surface area (Å²) >= 11 is 5.99. The Balaban J connectivity index is 0.00000210. The lowest BCUT2D eigenvalue weighted by atomic mass is 10.1. The molecule has 1 amide bonds. The first-order valence-corrected chi connectivity index (χ1v) is 12.0. The van der Waals surface area contributed by atoms with Crippen LogP contribution in [0.3, 0.4) is 0 Å². The number of carbonyl (C=O) groups is 1. The van der Waals surface area contributed by atoms with E-state index in [1.807, 2.05) is 25.1 Å². The van der Waals surface area contributed by atoms with Crippen LogP contribution in [0.1, 0.15) is 48.8 Å². The third kappa shape index (κ3) is 9.12. The molecule has 0 radical (unpaired) electrons. The molecule has 0 aromatic heterocycles. The quantitative estimate of drug-likeness (QED) is 0.455. The van der Waals surface area contributed by atoms with Crippen LogP contribution in [0, 0.1) is 18.8 Å². The number of halogens is 4. The Morgan fingerprint density at radius 2 is 1.80 bits per heavy atom. The van der Waals surface area contributed by atoms with Crippen LogP contribution in [0.25, 0.3) is 0 Å². The number of likely N-dealkylation sites (N-methyl/N-ethyl adjacent to an activating group) is 1. The van der Waals surface area contributed by atoms with E-state index in [9.17, 15) is 18.0 Å². The van der Waals surface area contributed by atoms with Crippen molar-refractivity contribution >= 4 is 28.9 Å². The minimum Gasteiger partial charge on any atom is -0.373 e. The van der Waals surface area contributed by atoms with Gasteiger partial charge in [0.1, 0.15) is 0 Å². The van der Waals surface area contributed by atoms with Crippen LogP contribution < -0.4 is 10.2 Å². The van der Waals surface area contributed by atoms with Gasteiger partial charge in [0.15, 0.2) is 0 Å². The maximum atomic E-state index is 12.7. The number of likely N-dealkylation sites (tertiary alicyclic amines) is 1. The summed E-state index contributed by atoms with van der Waals surface area (Å²) in [7, 11) is 2.59. The Morgan fingerprint density at radius 3 is 2.40 bits per heavy atom. The Bertz CT molecular complexity index is 1030. The first kappa shape index (κ1) is 28.5. The summed E-state index contributed by atoms with van der Waals surface area (Å²) in [6.45, 7) is 6.37. The van der Waals surface area contributed by atoms with E-state index in [1.54, 1.807) is 0 Å². The van der Waals surface area contributed by atoms with E-state index in [-0.39, 0.29) is 10.6 Å². The average molecular weight is 508 g/mol. The normalized spacial score (nSPS) is 13.7. The van der Waals surface area contributed by atoms with E-state index >= 15 is 0 Å². The zero-order chi connectivity index (χ0) is 25.8. The molecule has 2 aromatic carbocycles. The van der Waals surface area contributed by atoms with E-state index in [0.29, 0.717) is 18.4 Å². The molecule has 0 bridgehead atoms. The molecule has 3 rings (SSSR count). The van der Waals surface area contributed by atoms with Crippen LogP contribution in [-0.4, -0.2) is 51.2 Å². The highest BCUT2D eigenvalue weighted by atomic mass is 35.5. The van der Waals surface area contributed by atoms with Gasteiger partial charge in [-0.1, -0.05) is 36.4 Å². The van der Waals surface area contributed by atoms with Crippen molar-refractivity contribution in [1.82, 2.24) is 4.90 Å². The molecule has 1 N–H and O–H groups in total. The van der Waals surface area contributed by atoms with Gasteiger partial charge in [-0.05, 0) is 68.8 Å². The fraction of sp³-hybridized carbons (Fsp3) is 0.444. The number of anilines is 2. The van der Waals surface area contributed by atoms with E-state index in [4.69, 9.17) is 11.6 Å². The highest BCUT2D eigenvalue weighted by Crippen LogP contribution is 2.25. The SMILES string of the molecule is CF.Cc1cc(NC(=O)C#Cc2ccc(C(F)F)cc2Cl)ccc1N(C)CCN1CCCCCC1. The van der Waals surface area contributed by atoms with Crippen LogP contribution in [0.5, 0.6) is 0 Å². The second kappa shape index (κ2) is 14.7. The smallest absolute Gasteiger partial charge is 0.300 e. The van der Waals surface area contributed by atoms with Gasteiger partial charge in [0, 0.05) is 48.6 Å². The molecule has 1 fully saturated rings. The van der Waals surface area contributed by atoms with Crippen molar-refractivity contribution in [3.05, 3.63) is 58.1 Å². The first-order chi connectivity index (χ1) is 16.8. The molecule has 0 atom stereocenters. The van der Waals surface area contributed by atoms with Gasteiger partial charge >= 0.3 is 5.91 Å². The number of alkyl halides is 3. The monoisotopic (exact) mass is 507 g/mol. The van der Waals surface area contributed by atoms with Crippen LogP contribution in [0.2, 0.25) is 5.02 Å². The highest BCUT2D eigenvalue weighted by molar-refractivity contribution is 6.31. The van der Waals surface area contributed by atoms with Crippen molar-refractivity contribution < 1.29 is 18.0 Å². The fourth-order valence-electron chi connectivity index (χ4n) is 3.99. The van der Waals surface area contributed by atoms with Crippen LogP contribution in [0.4, 0.5) is 24.5 Å². The predicted octanol–water partition coefficient (Wildman–Crippen LogP) is 6.47. The molecule has 2 aromatic rings. The second-order valence-corrected chi connectivity index (χ2v) is 8.83. The Hall–Kier alpha value is -2.69. The van der Waals surface area contributed by atoms with Gasteiger partial charge in [-0.3, -0.25) is 9.18 Å². The number of rotatable bonds is 6. The third-order valence-corrected chi connectivity index (χ3v) is 6.18. The summed E-state index contributed by atoms with van der Waals surface area (Å²) in [5.41, 5.74) is 2.98. The summed E-state index contributed by atoms with van der Waals surface area (Å²) < 4.78 is 35.0. The van der Waals surface area contributed by atoms with Crippen molar-refractivity contribution in [2.75, 3.05) is 50.6 Å². The van der Waals surface area contributed by atoms with Crippen molar-refractivity contribution in [1.29, 1.82) is 0 Å². The van der Waals surface area contributed by atoms with Crippen molar-refractivity contribution in [2.24, 2.45) is 0 Å². The van der Waals surface area contributed by atoms with Gasteiger partial charge in [0.2, 0.25) is 0 Å². The van der Waals surface area contributed by atoms with E-state index in [2.05, 4.69) is 34.0 Å². The molecule has 190 valence electrons. The van der Waals surface area contributed by atoms with Gasteiger partial charge in [0.25, 0.3) is 6.43 Å². The molecule has 1 aliphatic rings. The minimum absolute atomic E-state index is 0.0940. The summed E-state index contributed by atoms with van der Waals surface area (Å²) in [4.78, 5) is 17.0. The summed E-state index contributed by atoms with van der Waals surface area (Å²) in [6, 6.07) is 9.59. The van der Waals surface area contributed by atoms with Crippen molar-refractivity contribution in [2.45, 2.75) is 39.0 Å². The van der Waals surface area contributed by atoms with Gasteiger partial charge < -0.3 is 15.1 Å². The van der Waals surface area contributed by atoms with Crippen LogP contribution in [0.15, 0.2) is 36.4 Å². The lowest BCUT2D eigenvalue weighted by Gasteiger charge is -2.26. The molecule has 0 aliphatic carbocycles. The average Bonchev–Trinajstić information content (AvgIpc) is 3.12. The molecular formula is C27H33ClF3N3O. The molecule has 1 heterocycles. The largest absolute Gasteiger partial charge is 0.373 e. The topological polar surface area (TPSA) is 35.6 Å². The molecule has 1 aliphatic heterocycles. The molecule has 0 spiro atoms. The maximum absolute atomic E-state index is 12.7. The number of aryl methyl sites for hydroxylation is 1. The van der Waals surface area contributed by atoms with Crippen molar-refractivity contribution in [3.63, 3.8) is 0 Å². The minimum atomic E-state index is -2.60. The number of hydrogen-bond acceptors (Lipinski definition) is 3. The first-order valence-electron chi connectivity index (χ1n) is 11.7. The zero-order valence-electron chi connectivity index (χ0n) is 20.5. The molecule has 0 unspecified atom stereocenters. The Kier molecular flexibility index (Phi) is 11.9. The predicted molar refractivity (Wildman–Crippen MR) is 138 cm³/mol.